The molecule has 0 radical (unpaired) electrons. The number of nitrogens with one attached hydrogen (secondary N) is 1. The molecule has 8 nitrogen and oxygen atoms in total. The lowest BCUT2D eigenvalue weighted by molar-refractivity contribution is -0.0189. The van der Waals surface area contributed by atoms with Crippen molar-refractivity contribution in [2.24, 2.45) is 0 Å². The summed E-state index contributed by atoms with van der Waals surface area (Å²) in [6, 6.07) is 13.6. The summed E-state index contributed by atoms with van der Waals surface area (Å²) in [6.45, 7) is 7.73. The van der Waals surface area contributed by atoms with Crippen molar-refractivity contribution < 1.29 is 23.7 Å². The quantitative estimate of drug-likeness (QED) is 0.577. The minimum absolute atomic E-state index is 0.0583. The van der Waals surface area contributed by atoms with Crippen molar-refractivity contribution in [3.05, 3.63) is 58.3 Å². The Balaban J connectivity index is 1.45. The molecule has 1 aromatic heterocycles. The summed E-state index contributed by atoms with van der Waals surface area (Å²) >= 11 is 0. The molecule has 1 saturated heterocycles. The van der Waals surface area contributed by atoms with Crippen LogP contribution in [0.3, 0.4) is 0 Å². The van der Waals surface area contributed by atoms with Gasteiger partial charge in [0.15, 0.2) is 5.43 Å². The Morgan fingerprint density at radius 2 is 1.18 bits per heavy atom. The number of nitrogens with zero attached hydrogens (tertiary/aromatic N) is 1. The number of benzene rings is 2. The maximum absolute atomic E-state index is 13.0. The highest BCUT2D eigenvalue weighted by Crippen LogP contribution is 2.19. The Kier molecular flexibility index (Phi) is 9.86. The zero-order valence-corrected chi connectivity index (χ0v) is 19.6. The molecule has 0 amide bonds. The molecular weight excluding hydrogens is 436 g/mol. The first-order chi connectivity index (χ1) is 16.8. The number of pyridine rings is 1. The summed E-state index contributed by atoms with van der Waals surface area (Å²) in [5.74, 6) is 0. The van der Waals surface area contributed by atoms with Gasteiger partial charge in [-0.15, -0.1) is 0 Å². The molecule has 0 aliphatic carbocycles. The molecule has 184 valence electrons. The third-order valence-electron chi connectivity index (χ3n) is 5.81. The largest absolute Gasteiger partial charge is 0.378 e. The molecule has 1 aliphatic rings. The summed E-state index contributed by atoms with van der Waals surface area (Å²) in [5, 5.41) is 1.42. The van der Waals surface area contributed by atoms with Crippen LogP contribution >= 0.6 is 0 Å². The fourth-order valence-corrected chi connectivity index (χ4v) is 4.02. The van der Waals surface area contributed by atoms with Crippen molar-refractivity contribution in [3.63, 3.8) is 0 Å². The van der Waals surface area contributed by atoms with E-state index in [1.165, 1.54) is 0 Å². The SMILES string of the molecule is O=c1c2ccccc2[nH]c2c(CN3CCOCCOCCOCCOCCOCC3)cccc12. The van der Waals surface area contributed by atoms with E-state index >= 15 is 0 Å². The molecule has 8 heteroatoms. The van der Waals surface area contributed by atoms with Crippen molar-refractivity contribution in [1.82, 2.24) is 9.88 Å². The van der Waals surface area contributed by atoms with E-state index in [1.807, 2.05) is 36.4 Å². The van der Waals surface area contributed by atoms with E-state index < -0.39 is 0 Å². The molecule has 34 heavy (non-hydrogen) atoms. The second kappa shape index (κ2) is 13.5. The Labute approximate surface area is 199 Å². The lowest BCUT2D eigenvalue weighted by Gasteiger charge is -2.23. The Morgan fingerprint density at radius 1 is 0.647 bits per heavy atom. The number of aromatic nitrogens is 1. The maximum Gasteiger partial charge on any atom is 0.197 e. The Morgan fingerprint density at radius 3 is 1.79 bits per heavy atom. The molecule has 0 atom stereocenters. The maximum atomic E-state index is 13.0. The highest BCUT2D eigenvalue weighted by Gasteiger charge is 2.12. The number of hydrogen-bond acceptors (Lipinski definition) is 7. The van der Waals surface area contributed by atoms with Gasteiger partial charge in [-0.3, -0.25) is 9.69 Å². The van der Waals surface area contributed by atoms with Crippen LogP contribution < -0.4 is 5.43 Å². The van der Waals surface area contributed by atoms with Crippen LogP contribution in [-0.2, 0) is 30.2 Å². The van der Waals surface area contributed by atoms with Crippen LogP contribution in [0.25, 0.3) is 21.8 Å². The van der Waals surface area contributed by atoms with Crippen LogP contribution in [0.4, 0.5) is 0 Å². The van der Waals surface area contributed by atoms with E-state index in [4.69, 9.17) is 23.7 Å². The third-order valence-corrected chi connectivity index (χ3v) is 5.81. The molecule has 1 aliphatic heterocycles. The number of aromatic amines is 1. The second-order valence-corrected chi connectivity index (χ2v) is 8.18. The predicted molar refractivity (Wildman–Crippen MR) is 131 cm³/mol. The topological polar surface area (TPSA) is 82.3 Å². The highest BCUT2D eigenvalue weighted by atomic mass is 16.6. The summed E-state index contributed by atoms with van der Waals surface area (Å²) < 4.78 is 28.1. The van der Waals surface area contributed by atoms with E-state index in [0.717, 1.165) is 29.7 Å². The average Bonchev–Trinajstić information content (AvgIpc) is 2.86. The fourth-order valence-electron chi connectivity index (χ4n) is 4.02. The van der Waals surface area contributed by atoms with E-state index in [-0.39, 0.29) is 5.43 Å². The number of rotatable bonds is 2. The van der Waals surface area contributed by atoms with Gasteiger partial charge in [-0.05, 0) is 23.8 Å². The smallest absolute Gasteiger partial charge is 0.197 e. The molecule has 1 N–H and O–H groups in total. The normalized spacial score (nSPS) is 19.1. The molecule has 1 fully saturated rings. The molecule has 0 saturated carbocycles. The number of H-pyrrole nitrogens is 1. The second-order valence-electron chi connectivity index (χ2n) is 8.18. The van der Waals surface area contributed by atoms with Crippen LogP contribution in [0.2, 0.25) is 0 Å². The van der Waals surface area contributed by atoms with Gasteiger partial charge in [-0.1, -0.05) is 24.3 Å². The van der Waals surface area contributed by atoms with Crippen LogP contribution in [0.1, 0.15) is 5.56 Å². The van der Waals surface area contributed by atoms with E-state index in [1.54, 1.807) is 0 Å². The minimum Gasteiger partial charge on any atom is -0.378 e. The van der Waals surface area contributed by atoms with Crippen molar-refractivity contribution >= 4 is 21.8 Å². The summed E-state index contributed by atoms with van der Waals surface area (Å²) in [5.41, 5.74) is 2.87. The molecule has 4 rings (SSSR count). The van der Waals surface area contributed by atoms with E-state index in [9.17, 15) is 4.79 Å². The lowest BCUT2D eigenvalue weighted by Crippen LogP contribution is -2.31. The molecule has 0 bridgehead atoms. The van der Waals surface area contributed by atoms with Gasteiger partial charge >= 0.3 is 0 Å². The van der Waals surface area contributed by atoms with Crippen molar-refractivity contribution in [2.75, 3.05) is 79.2 Å². The minimum atomic E-state index is 0.0583. The van der Waals surface area contributed by atoms with E-state index in [0.29, 0.717) is 83.4 Å². The van der Waals surface area contributed by atoms with Gasteiger partial charge < -0.3 is 28.7 Å². The van der Waals surface area contributed by atoms with E-state index in [2.05, 4.69) is 16.0 Å². The average molecular weight is 471 g/mol. The first-order valence-corrected chi connectivity index (χ1v) is 12.0. The molecule has 0 spiro atoms. The Hall–Kier alpha value is -2.33. The van der Waals surface area contributed by atoms with Gasteiger partial charge in [-0.2, -0.15) is 0 Å². The first kappa shape index (κ1) is 24.8. The van der Waals surface area contributed by atoms with Gasteiger partial charge in [0, 0.05) is 35.9 Å². The fraction of sp³-hybridized carbons (Fsp3) is 0.500. The highest BCUT2D eigenvalue weighted by molar-refractivity contribution is 5.93. The van der Waals surface area contributed by atoms with Crippen molar-refractivity contribution in [1.29, 1.82) is 0 Å². The summed E-state index contributed by atoms with van der Waals surface area (Å²) in [7, 11) is 0. The van der Waals surface area contributed by atoms with Crippen LogP contribution in [0.15, 0.2) is 47.3 Å². The molecule has 3 aromatic rings. The zero-order chi connectivity index (χ0) is 23.4. The monoisotopic (exact) mass is 470 g/mol. The van der Waals surface area contributed by atoms with Gasteiger partial charge in [0.25, 0.3) is 0 Å². The van der Waals surface area contributed by atoms with Crippen LogP contribution in [0.5, 0.6) is 0 Å². The van der Waals surface area contributed by atoms with Gasteiger partial charge in [-0.25, -0.2) is 0 Å². The number of hydrogen-bond donors (Lipinski definition) is 1. The summed E-state index contributed by atoms with van der Waals surface area (Å²) in [4.78, 5) is 18.8. The standard InChI is InChI=1S/C26H34N2O6/c29-26-22-5-1-2-7-24(22)27-25-21(4-3-6-23(25)26)20-28-8-10-30-12-14-32-16-18-34-19-17-33-15-13-31-11-9-28/h1-7H,8-20H2,(H,27,29). The number of ether oxygens (including phenoxy) is 5. The molecule has 0 unspecified atom stereocenters. The van der Waals surface area contributed by atoms with Crippen molar-refractivity contribution in [2.45, 2.75) is 6.54 Å². The predicted octanol–water partition coefficient (Wildman–Crippen LogP) is 2.58. The van der Waals surface area contributed by atoms with Crippen LogP contribution in [0, 0.1) is 0 Å². The molecular formula is C26H34N2O6. The molecule has 2 aromatic carbocycles. The van der Waals surface area contributed by atoms with Crippen LogP contribution in [-0.4, -0.2) is 89.0 Å². The van der Waals surface area contributed by atoms with Gasteiger partial charge in [0.1, 0.15) is 0 Å². The molecule has 2 heterocycles. The van der Waals surface area contributed by atoms with Gasteiger partial charge in [0.2, 0.25) is 0 Å². The zero-order valence-electron chi connectivity index (χ0n) is 19.6. The lowest BCUT2D eigenvalue weighted by atomic mass is 10.1. The van der Waals surface area contributed by atoms with Crippen molar-refractivity contribution in [3.8, 4) is 0 Å². The number of para-hydroxylation sites is 2. The third kappa shape index (κ3) is 7.09. The summed E-state index contributed by atoms with van der Waals surface area (Å²) in [6.07, 6.45) is 0. The first-order valence-electron chi connectivity index (χ1n) is 12.0. The number of fused-ring (bicyclic) bond motifs is 2. The Bertz CT molecular complexity index is 1070. The van der Waals surface area contributed by atoms with Gasteiger partial charge in [0.05, 0.1) is 71.6 Å².